The van der Waals surface area contributed by atoms with Crippen LogP contribution in [0.4, 0.5) is 0 Å². The third-order valence-corrected chi connectivity index (χ3v) is 1.54. The number of nitrogens with zero attached hydrogens (tertiary/aromatic N) is 1. The van der Waals surface area contributed by atoms with E-state index in [4.69, 9.17) is 9.84 Å². The summed E-state index contributed by atoms with van der Waals surface area (Å²) >= 11 is 0. The van der Waals surface area contributed by atoms with Gasteiger partial charge in [0.25, 0.3) is 0 Å². The van der Waals surface area contributed by atoms with E-state index in [-0.39, 0.29) is 19.0 Å². The molecule has 0 aromatic carbocycles. The Labute approximate surface area is 79.1 Å². The van der Waals surface area contributed by atoms with Crippen molar-refractivity contribution in [1.82, 2.24) is 0 Å². The number of hydrogen-bond donors (Lipinski definition) is 1. The number of halogens is 1. The first-order valence-corrected chi connectivity index (χ1v) is 3.42. The minimum atomic E-state index is -0.820. The van der Waals surface area contributed by atoms with Gasteiger partial charge in [0.15, 0.2) is 0 Å². The number of carbonyl (C=O) groups is 1. The van der Waals surface area contributed by atoms with Crippen molar-refractivity contribution < 1.29 is 31.5 Å². The minimum absolute atomic E-state index is 0. The van der Waals surface area contributed by atoms with E-state index >= 15 is 0 Å². The van der Waals surface area contributed by atoms with Crippen LogP contribution in [0.5, 0.6) is 0 Å². The van der Waals surface area contributed by atoms with Gasteiger partial charge in [-0.05, 0) is 0 Å². The Morgan fingerprint density at radius 1 is 1.50 bits per heavy atom. The molecule has 0 spiro atoms. The molecule has 0 rings (SSSR count). The smallest absolute Gasteiger partial charge is 0.365 e. The van der Waals surface area contributed by atoms with Crippen LogP contribution in [0.2, 0.25) is 0 Å². The Morgan fingerprint density at radius 3 is 2.00 bits per heavy atom. The first-order chi connectivity index (χ1) is 4.89. The number of hydrogen-bond acceptors (Lipinski definition) is 2. The fraction of sp³-hybridized carbons (Fsp3) is 0.857. The van der Waals surface area contributed by atoms with E-state index in [0.29, 0.717) is 4.48 Å². The molecule has 0 aromatic heterocycles. The molecular weight excluding hydrogens is 182 g/mol. The Balaban J connectivity index is 0. The molecule has 0 aliphatic rings. The van der Waals surface area contributed by atoms with Crippen molar-refractivity contribution in [1.29, 1.82) is 0 Å². The molecule has 0 aliphatic heterocycles. The maximum atomic E-state index is 10.6. The average molecular weight is 198 g/mol. The Bertz CT molecular complexity index is 144. The van der Waals surface area contributed by atoms with Crippen molar-refractivity contribution in [3.63, 3.8) is 0 Å². The van der Waals surface area contributed by atoms with Crippen molar-refractivity contribution in [3.8, 4) is 0 Å². The second-order valence-corrected chi connectivity index (χ2v) is 3.43. The van der Waals surface area contributed by atoms with Crippen LogP contribution in [-0.2, 0) is 9.53 Å². The monoisotopic (exact) mass is 197 g/mol. The highest BCUT2D eigenvalue weighted by Gasteiger charge is 2.30. The predicted octanol–water partition coefficient (Wildman–Crippen LogP) is -3.20. The zero-order valence-corrected chi connectivity index (χ0v) is 8.63. The summed E-state index contributed by atoms with van der Waals surface area (Å²) in [6.45, 7) is 0.249. The van der Waals surface area contributed by atoms with Crippen LogP contribution in [0, 0.1) is 0 Å². The molecule has 1 N–H and O–H groups in total. The third-order valence-electron chi connectivity index (χ3n) is 1.54. The summed E-state index contributed by atoms with van der Waals surface area (Å²) in [5.74, 6) is -0.820. The largest absolute Gasteiger partial charge is 1.00 e. The molecule has 74 valence electrons. The Morgan fingerprint density at radius 2 is 1.92 bits per heavy atom. The highest BCUT2D eigenvalue weighted by atomic mass is 35.5. The molecule has 0 aliphatic carbocycles. The topological polar surface area (TPSA) is 46.5 Å². The summed E-state index contributed by atoms with van der Waals surface area (Å²) in [5, 5.41) is 8.74. The van der Waals surface area contributed by atoms with E-state index in [1.807, 2.05) is 21.1 Å². The first kappa shape index (κ1) is 14.2. The summed E-state index contributed by atoms with van der Waals surface area (Å²) in [5.41, 5.74) is 0. The van der Waals surface area contributed by atoms with Crippen molar-refractivity contribution in [3.05, 3.63) is 0 Å². The highest BCUT2D eigenvalue weighted by Crippen LogP contribution is 2.02. The highest BCUT2D eigenvalue weighted by molar-refractivity contribution is 5.72. The lowest BCUT2D eigenvalue weighted by atomic mass is 10.2. The number of carboxylic acid groups (broad SMARTS) is 1. The summed E-state index contributed by atoms with van der Waals surface area (Å²) in [6, 6.07) is -0.486. The zero-order chi connectivity index (χ0) is 9.07. The lowest BCUT2D eigenvalue weighted by Crippen LogP contribution is -3.00. The third kappa shape index (κ3) is 4.54. The van der Waals surface area contributed by atoms with Crippen molar-refractivity contribution in [2.24, 2.45) is 0 Å². The molecule has 4 nitrogen and oxygen atoms in total. The second kappa shape index (κ2) is 5.35. The van der Waals surface area contributed by atoms with Crippen molar-refractivity contribution >= 4 is 5.97 Å². The van der Waals surface area contributed by atoms with Crippen LogP contribution in [0.25, 0.3) is 0 Å². The number of rotatable bonds is 4. The molecular formula is C7H16ClNO3. The fourth-order valence-corrected chi connectivity index (χ4v) is 0.784. The number of aliphatic carboxylic acids is 1. The molecule has 0 bridgehead atoms. The van der Waals surface area contributed by atoms with Gasteiger partial charge in [-0.1, -0.05) is 0 Å². The lowest BCUT2D eigenvalue weighted by Gasteiger charge is -2.30. The molecule has 5 heteroatoms. The van der Waals surface area contributed by atoms with Gasteiger partial charge in [0, 0.05) is 7.11 Å². The van der Waals surface area contributed by atoms with Crippen LogP contribution in [0.1, 0.15) is 0 Å². The van der Waals surface area contributed by atoms with E-state index in [1.54, 1.807) is 0 Å². The molecule has 12 heavy (non-hydrogen) atoms. The zero-order valence-electron chi connectivity index (χ0n) is 7.87. The normalized spacial score (nSPS) is 13.3. The number of likely N-dealkylation sites (N-methyl/N-ethyl adjacent to an activating group) is 1. The molecule has 0 fully saturated rings. The molecule has 0 saturated carbocycles. The van der Waals surface area contributed by atoms with E-state index in [2.05, 4.69) is 0 Å². The van der Waals surface area contributed by atoms with Gasteiger partial charge in [0.1, 0.15) is 6.61 Å². The minimum Gasteiger partial charge on any atom is -1.00 e. The number of methoxy groups -OCH3 is 1. The van der Waals surface area contributed by atoms with Gasteiger partial charge < -0.3 is 26.7 Å². The van der Waals surface area contributed by atoms with Crippen molar-refractivity contribution in [2.45, 2.75) is 6.04 Å². The van der Waals surface area contributed by atoms with Gasteiger partial charge in [-0.25, -0.2) is 4.79 Å². The molecule has 1 unspecified atom stereocenters. The quantitative estimate of drug-likeness (QED) is 0.483. The van der Waals surface area contributed by atoms with Gasteiger partial charge >= 0.3 is 5.97 Å². The second-order valence-electron chi connectivity index (χ2n) is 3.43. The fourth-order valence-electron chi connectivity index (χ4n) is 0.784. The van der Waals surface area contributed by atoms with E-state index in [1.165, 1.54) is 7.11 Å². The van der Waals surface area contributed by atoms with Crippen LogP contribution in [-0.4, -0.2) is 56.5 Å². The number of quaternary nitrogens is 1. The lowest BCUT2D eigenvalue weighted by molar-refractivity contribution is -0.887. The standard InChI is InChI=1S/C7H15NO3.ClH/c1-8(2,3)6(5-11-4)7(9)10;/h6H,5H2,1-4H3;1H. The number of ether oxygens (including phenoxy) is 1. The van der Waals surface area contributed by atoms with E-state index in [0.717, 1.165) is 0 Å². The van der Waals surface area contributed by atoms with Crippen molar-refractivity contribution in [2.75, 3.05) is 34.9 Å². The van der Waals surface area contributed by atoms with Crippen LogP contribution < -0.4 is 12.4 Å². The van der Waals surface area contributed by atoms with Crippen LogP contribution in [0.3, 0.4) is 0 Å². The molecule has 0 saturated heterocycles. The maximum absolute atomic E-state index is 10.6. The first-order valence-electron chi connectivity index (χ1n) is 3.42. The van der Waals surface area contributed by atoms with Gasteiger partial charge in [-0.2, -0.15) is 0 Å². The summed E-state index contributed by atoms with van der Waals surface area (Å²) in [6.07, 6.45) is 0. The summed E-state index contributed by atoms with van der Waals surface area (Å²) < 4.78 is 5.17. The molecule has 0 heterocycles. The Hall–Kier alpha value is -0.320. The SMILES string of the molecule is COCC(C(=O)O)[N+](C)(C)C.[Cl-]. The van der Waals surface area contributed by atoms with Crippen LogP contribution in [0.15, 0.2) is 0 Å². The number of carboxylic acids is 1. The molecule has 1 atom stereocenters. The van der Waals surface area contributed by atoms with Gasteiger partial charge in [-0.3, -0.25) is 0 Å². The van der Waals surface area contributed by atoms with Gasteiger partial charge in [0.2, 0.25) is 6.04 Å². The van der Waals surface area contributed by atoms with E-state index < -0.39 is 12.0 Å². The predicted molar refractivity (Wildman–Crippen MR) is 41.3 cm³/mol. The summed E-state index contributed by atoms with van der Waals surface area (Å²) in [4.78, 5) is 10.6. The molecule has 0 aromatic rings. The maximum Gasteiger partial charge on any atom is 0.365 e. The van der Waals surface area contributed by atoms with Crippen LogP contribution >= 0.6 is 0 Å². The molecule has 0 amide bonds. The summed E-state index contributed by atoms with van der Waals surface area (Å²) in [7, 11) is 7.00. The Kier molecular flexibility index (Phi) is 6.34. The average Bonchev–Trinajstić information content (AvgIpc) is 1.79. The van der Waals surface area contributed by atoms with Gasteiger partial charge in [-0.15, -0.1) is 0 Å². The molecule has 0 radical (unpaired) electrons. The van der Waals surface area contributed by atoms with E-state index in [9.17, 15) is 4.79 Å². The van der Waals surface area contributed by atoms with Gasteiger partial charge in [0.05, 0.1) is 21.1 Å².